The molecule has 2 N–H and O–H groups in total. The topological polar surface area (TPSA) is 58.2 Å². The quantitative estimate of drug-likeness (QED) is 0.863. The van der Waals surface area contributed by atoms with Crippen molar-refractivity contribution < 1.29 is 8.42 Å². The predicted molar refractivity (Wildman–Crippen MR) is 80.0 cm³/mol. The van der Waals surface area contributed by atoms with Gasteiger partial charge < -0.3 is 5.32 Å². The van der Waals surface area contributed by atoms with Crippen LogP contribution in [0.4, 0.5) is 0 Å². The number of rotatable bonds is 3. The minimum absolute atomic E-state index is 0.0757. The van der Waals surface area contributed by atoms with Crippen LogP contribution in [0.25, 0.3) is 0 Å². The largest absolute Gasteiger partial charge is 0.313 e. The summed E-state index contributed by atoms with van der Waals surface area (Å²) in [6.45, 7) is 2.93. The van der Waals surface area contributed by atoms with Gasteiger partial charge in [-0.05, 0) is 60.4 Å². The van der Waals surface area contributed by atoms with Gasteiger partial charge in [0.25, 0.3) is 0 Å². The van der Waals surface area contributed by atoms with Crippen LogP contribution in [0.1, 0.15) is 19.8 Å². The highest BCUT2D eigenvalue weighted by atomic mass is 79.9. The highest BCUT2D eigenvalue weighted by Crippen LogP contribution is 2.25. The molecule has 0 aromatic heterocycles. The van der Waals surface area contributed by atoms with E-state index in [0.717, 1.165) is 19.4 Å². The van der Waals surface area contributed by atoms with E-state index in [9.17, 15) is 8.42 Å². The van der Waals surface area contributed by atoms with Crippen molar-refractivity contribution in [2.45, 2.75) is 36.7 Å². The standard InChI is InChI=1S/C12H16BrClN2O2S/c1-8-12(3-2-6-15-8)16-19(17,18)9-4-5-11(14)10(13)7-9/h4-5,7-8,12,15-16H,2-3,6H2,1H3. The van der Waals surface area contributed by atoms with E-state index in [2.05, 4.69) is 26.0 Å². The van der Waals surface area contributed by atoms with E-state index >= 15 is 0 Å². The first-order valence-electron chi connectivity index (χ1n) is 6.11. The van der Waals surface area contributed by atoms with E-state index in [1.54, 1.807) is 6.07 Å². The van der Waals surface area contributed by atoms with Crippen molar-refractivity contribution in [2.75, 3.05) is 6.54 Å². The van der Waals surface area contributed by atoms with E-state index in [1.807, 2.05) is 6.92 Å². The second-order valence-corrected chi connectivity index (χ2v) is 7.66. The third-order valence-electron chi connectivity index (χ3n) is 3.27. The average molecular weight is 368 g/mol. The van der Waals surface area contributed by atoms with Crippen LogP contribution in [0, 0.1) is 0 Å². The van der Waals surface area contributed by atoms with Crippen molar-refractivity contribution in [1.82, 2.24) is 10.0 Å². The molecule has 1 aliphatic heterocycles. The van der Waals surface area contributed by atoms with Gasteiger partial charge in [-0.25, -0.2) is 13.1 Å². The summed E-state index contributed by atoms with van der Waals surface area (Å²) in [6.07, 6.45) is 1.82. The highest BCUT2D eigenvalue weighted by Gasteiger charge is 2.26. The number of halogens is 2. The molecule has 7 heteroatoms. The molecular formula is C12H16BrClN2O2S. The molecule has 0 saturated carbocycles. The van der Waals surface area contributed by atoms with Crippen molar-refractivity contribution >= 4 is 37.6 Å². The molecule has 0 bridgehead atoms. The second-order valence-electron chi connectivity index (χ2n) is 4.69. The number of hydrogen-bond acceptors (Lipinski definition) is 3. The SMILES string of the molecule is CC1NCCCC1NS(=O)(=O)c1ccc(Cl)c(Br)c1. The van der Waals surface area contributed by atoms with Crippen LogP contribution >= 0.6 is 27.5 Å². The van der Waals surface area contributed by atoms with E-state index in [4.69, 9.17) is 11.6 Å². The Labute approximate surface area is 127 Å². The molecule has 2 atom stereocenters. The molecule has 1 aliphatic rings. The Balaban J connectivity index is 2.19. The Morgan fingerprint density at radius 3 is 2.84 bits per heavy atom. The third-order valence-corrected chi connectivity index (χ3v) is 5.97. The van der Waals surface area contributed by atoms with Crippen LogP contribution in [0.3, 0.4) is 0 Å². The molecule has 1 aromatic carbocycles. The fourth-order valence-corrected chi connectivity index (χ4v) is 4.14. The van der Waals surface area contributed by atoms with Gasteiger partial charge in [0.1, 0.15) is 0 Å². The normalized spacial score (nSPS) is 24.4. The van der Waals surface area contributed by atoms with Gasteiger partial charge in [-0.1, -0.05) is 11.6 Å². The zero-order chi connectivity index (χ0) is 14.0. The lowest BCUT2D eigenvalue weighted by atomic mass is 10.0. The maximum Gasteiger partial charge on any atom is 0.240 e. The Morgan fingerprint density at radius 1 is 1.47 bits per heavy atom. The molecular weight excluding hydrogens is 352 g/mol. The van der Waals surface area contributed by atoms with Gasteiger partial charge in [0.2, 0.25) is 10.0 Å². The van der Waals surface area contributed by atoms with Gasteiger partial charge in [0.05, 0.1) is 9.92 Å². The minimum atomic E-state index is -3.51. The van der Waals surface area contributed by atoms with Crippen LogP contribution in [-0.2, 0) is 10.0 Å². The van der Waals surface area contributed by atoms with Gasteiger partial charge in [-0.3, -0.25) is 0 Å². The molecule has 1 heterocycles. The van der Waals surface area contributed by atoms with Crippen LogP contribution in [0.2, 0.25) is 5.02 Å². The highest BCUT2D eigenvalue weighted by molar-refractivity contribution is 9.10. The summed E-state index contributed by atoms with van der Waals surface area (Å²) in [5, 5.41) is 3.76. The molecule has 1 aromatic rings. The lowest BCUT2D eigenvalue weighted by Gasteiger charge is -2.30. The number of sulfonamides is 1. The number of benzene rings is 1. The first-order valence-corrected chi connectivity index (χ1v) is 8.76. The van der Waals surface area contributed by atoms with Gasteiger partial charge in [-0.15, -0.1) is 0 Å². The Hall–Kier alpha value is -0.140. The van der Waals surface area contributed by atoms with Crippen LogP contribution in [0.5, 0.6) is 0 Å². The summed E-state index contributed by atoms with van der Waals surface area (Å²) in [6, 6.07) is 4.66. The first-order chi connectivity index (χ1) is 8.90. The van der Waals surface area contributed by atoms with Gasteiger partial charge in [-0.2, -0.15) is 0 Å². The minimum Gasteiger partial charge on any atom is -0.313 e. The molecule has 19 heavy (non-hydrogen) atoms. The Bertz CT molecular complexity index is 565. The fraction of sp³-hybridized carbons (Fsp3) is 0.500. The summed E-state index contributed by atoms with van der Waals surface area (Å²) >= 11 is 9.11. The summed E-state index contributed by atoms with van der Waals surface area (Å²) in [5.74, 6) is 0. The second kappa shape index (κ2) is 6.10. The smallest absolute Gasteiger partial charge is 0.240 e. The number of piperidine rings is 1. The number of nitrogens with one attached hydrogen (secondary N) is 2. The van der Waals surface area contributed by atoms with Crippen LogP contribution in [0.15, 0.2) is 27.6 Å². The van der Waals surface area contributed by atoms with Crippen molar-refractivity contribution in [3.8, 4) is 0 Å². The summed E-state index contributed by atoms with van der Waals surface area (Å²) < 4.78 is 27.9. The van der Waals surface area contributed by atoms with Crippen molar-refractivity contribution in [3.05, 3.63) is 27.7 Å². The van der Waals surface area contributed by atoms with Crippen molar-refractivity contribution in [1.29, 1.82) is 0 Å². The maximum absolute atomic E-state index is 12.3. The van der Waals surface area contributed by atoms with Crippen LogP contribution in [-0.4, -0.2) is 27.0 Å². The van der Waals surface area contributed by atoms with E-state index in [0.29, 0.717) is 9.50 Å². The molecule has 2 rings (SSSR count). The van der Waals surface area contributed by atoms with Crippen molar-refractivity contribution in [3.63, 3.8) is 0 Å². The monoisotopic (exact) mass is 366 g/mol. The molecule has 1 saturated heterocycles. The summed E-state index contributed by atoms with van der Waals surface area (Å²) in [4.78, 5) is 0.224. The maximum atomic E-state index is 12.3. The lowest BCUT2D eigenvalue weighted by Crippen LogP contribution is -2.51. The summed E-state index contributed by atoms with van der Waals surface area (Å²) in [7, 11) is -3.51. The third kappa shape index (κ3) is 3.70. The Morgan fingerprint density at radius 2 is 2.21 bits per heavy atom. The van der Waals surface area contributed by atoms with Gasteiger partial charge >= 0.3 is 0 Å². The summed E-state index contributed by atoms with van der Waals surface area (Å²) in [5.41, 5.74) is 0. The number of hydrogen-bond donors (Lipinski definition) is 2. The van der Waals surface area contributed by atoms with Gasteiger partial charge in [0.15, 0.2) is 0 Å². The zero-order valence-electron chi connectivity index (χ0n) is 10.5. The lowest BCUT2D eigenvalue weighted by molar-refractivity contribution is 0.349. The Kier molecular flexibility index (Phi) is 4.89. The van der Waals surface area contributed by atoms with E-state index in [1.165, 1.54) is 12.1 Å². The molecule has 0 radical (unpaired) electrons. The first kappa shape index (κ1) is 15.3. The fourth-order valence-electron chi connectivity index (χ4n) is 2.12. The molecule has 106 valence electrons. The predicted octanol–water partition coefficient (Wildman–Crippen LogP) is 2.52. The van der Waals surface area contributed by atoms with Gasteiger partial charge in [0, 0.05) is 16.6 Å². The molecule has 1 fully saturated rings. The average Bonchev–Trinajstić information content (AvgIpc) is 2.35. The van der Waals surface area contributed by atoms with E-state index < -0.39 is 10.0 Å². The zero-order valence-corrected chi connectivity index (χ0v) is 13.6. The molecule has 0 aliphatic carbocycles. The molecule has 0 amide bonds. The molecule has 4 nitrogen and oxygen atoms in total. The van der Waals surface area contributed by atoms with E-state index in [-0.39, 0.29) is 17.0 Å². The van der Waals surface area contributed by atoms with Crippen molar-refractivity contribution in [2.24, 2.45) is 0 Å². The molecule has 2 unspecified atom stereocenters. The van der Waals surface area contributed by atoms with Crippen LogP contribution < -0.4 is 10.0 Å². The molecule has 0 spiro atoms.